The Balaban J connectivity index is 1.86. The maximum atomic E-state index is 6.18. The number of hydrogen-bond donors (Lipinski definition) is 1. The Morgan fingerprint density at radius 2 is 2.05 bits per heavy atom. The molecule has 0 fully saturated rings. The van der Waals surface area contributed by atoms with Crippen molar-refractivity contribution in [1.29, 1.82) is 0 Å². The number of hydrogen-bond acceptors (Lipinski definition) is 3. The number of methoxy groups -OCH3 is 1. The molecule has 1 N–H and O–H groups in total. The fourth-order valence-electron chi connectivity index (χ4n) is 2.47. The van der Waals surface area contributed by atoms with Crippen LogP contribution in [0.4, 0.5) is 5.69 Å². The first kappa shape index (κ1) is 14.9. The van der Waals surface area contributed by atoms with Crippen molar-refractivity contribution < 1.29 is 4.74 Å². The van der Waals surface area contributed by atoms with Gasteiger partial charge in [0.1, 0.15) is 5.75 Å². The van der Waals surface area contributed by atoms with Crippen LogP contribution in [0.1, 0.15) is 18.0 Å². The number of nitrogens with one attached hydrogen (secondary N) is 1. The van der Waals surface area contributed by atoms with E-state index in [9.17, 15) is 0 Å². The minimum Gasteiger partial charge on any atom is -0.495 e. The van der Waals surface area contributed by atoms with Crippen LogP contribution in [0, 0.1) is 0 Å². The van der Waals surface area contributed by atoms with Gasteiger partial charge >= 0.3 is 0 Å². The van der Waals surface area contributed by atoms with Gasteiger partial charge in [-0.05, 0) is 48.4 Å². The van der Waals surface area contributed by atoms with Gasteiger partial charge in [0, 0.05) is 21.4 Å². The van der Waals surface area contributed by atoms with E-state index >= 15 is 0 Å². The normalized spacial score (nSPS) is 17.2. The molecule has 0 spiro atoms. The van der Waals surface area contributed by atoms with Gasteiger partial charge in [0.15, 0.2) is 0 Å². The van der Waals surface area contributed by atoms with E-state index in [-0.39, 0.29) is 6.04 Å². The molecule has 0 bridgehead atoms. The van der Waals surface area contributed by atoms with Crippen LogP contribution >= 0.6 is 35.0 Å². The highest BCUT2D eigenvalue weighted by molar-refractivity contribution is 7.99. The highest BCUT2D eigenvalue weighted by atomic mass is 35.5. The molecule has 0 saturated carbocycles. The quantitative estimate of drug-likeness (QED) is 0.780. The summed E-state index contributed by atoms with van der Waals surface area (Å²) in [5.41, 5.74) is 2.24. The van der Waals surface area contributed by atoms with Crippen molar-refractivity contribution >= 4 is 40.7 Å². The minimum atomic E-state index is 0.254. The van der Waals surface area contributed by atoms with Crippen molar-refractivity contribution in [1.82, 2.24) is 0 Å². The van der Waals surface area contributed by atoms with Gasteiger partial charge in [-0.25, -0.2) is 0 Å². The van der Waals surface area contributed by atoms with E-state index in [2.05, 4.69) is 11.4 Å². The zero-order valence-electron chi connectivity index (χ0n) is 11.5. The molecule has 1 aliphatic rings. The van der Waals surface area contributed by atoms with Crippen molar-refractivity contribution in [3.63, 3.8) is 0 Å². The van der Waals surface area contributed by atoms with Crippen molar-refractivity contribution in [3.8, 4) is 5.75 Å². The second-order valence-electron chi connectivity index (χ2n) is 4.87. The lowest BCUT2D eigenvalue weighted by molar-refractivity contribution is 0.415. The first-order chi connectivity index (χ1) is 10.2. The van der Waals surface area contributed by atoms with Crippen LogP contribution in [0.15, 0.2) is 41.3 Å². The van der Waals surface area contributed by atoms with Crippen molar-refractivity contribution in [2.75, 3.05) is 18.2 Å². The molecule has 2 aromatic rings. The monoisotopic (exact) mass is 339 g/mol. The predicted octanol–water partition coefficient (Wildman–Crippen LogP) is 5.65. The topological polar surface area (TPSA) is 21.3 Å². The van der Waals surface area contributed by atoms with Crippen LogP contribution in [0.5, 0.6) is 5.75 Å². The third-order valence-electron chi connectivity index (χ3n) is 3.50. The average Bonchev–Trinajstić information content (AvgIpc) is 2.48. The van der Waals surface area contributed by atoms with Crippen LogP contribution in [0.3, 0.4) is 0 Å². The molecule has 2 nitrogen and oxygen atoms in total. The molecule has 1 atom stereocenters. The second kappa shape index (κ2) is 6.39. The van der Waals surface area contributed by atoms with E-state index in [1.807, 2.05) is 42.1 Å². The number of benzene rings is 2. The first-order valence-corrected chi connectivity index (χ1v) is 8.44. The summed E-state index contributed by atoms with van der Waals surface area (Å²) in [5, 5.41) is 4.93. The Hall–Kier alpha value is -1.03. The Kier molecular flexibility index (Phi) is 4.53. The summed E-state index contributed by atoms with van der Waals surface area (Å²) < 4.78 is 5.18. The van der Waals surface area contributed by atoms with Gasteiger partial charge in [0.25, 0.3) is 0 Å². The highest BCUT2D eigenvalue weighted by Crippen LogP contribution is 2.39. The van der Waals surface area contributed by atoms with E-state index in [1.165, 1.54) is 10.5 Å². The smallest absolute Gasteiger partial charge is 0.137 e. The molecule has 0 amide bonds. The van der Waals surface area contributed by atoms with Gasteiger partial charge in [-0.15, -0.1) is 11.8 Å². The predicted molar refractivity (Wildman–Crippen MR) is 91.2 cm³/mol. The van der Waals surface area contributed by atoms with E-state index in [1.54, 1.807) is 7.11 Å². The number of fused-ring (bicyclic) bond motifs is 1. The van der Waals surface area contributed by atoms with E-state index in [0.29, 0.717) is 10.8 Å². The number of anilines is 1. The summed E-state index contributed by atoms with van der Waals surface area (Å²) in [5.74, 6) is 1.78. The van der Waals surface area contributed by atoms with Gasteiger partial charge in [-0.3, -0.25) is 0 Å². The first-order valence-electron chi connectivity index (χ1n) is 6.69. The number of ether oxygens (including phenoxy) is 1. The van der Waals surface area contributed by atoms with E-state index in [4.69, 9.17) is 27.9 Å². The summed E-state index contributed by atoms with van der Waals surface area (Å²) in [6, 6.07) is 12.1. The van der Waals surface area contributed by atoms with Gasteiger partial charge in [0.05, 0.1) is 18.2 Å². The number of halogens is 2. The van der Waals surface area contributed by atoms with Crippen LogP contribution in [-0.4, -0.2) is 12.9 Å². The largest absolute Gasteiger partial charge is 0.495 e. The molecule has 1 aliphatic heterocycles. The molecular formula is C16H15Cl2NOS. The summed E-state index contributed by atoms with van der Waals surface area (Å²) >= 11 is 14.2. The Morgan fingerprint density at radius 3 is 2.81 bits per heavy atom. The minimum absolute atomic E-state index is 0.254. The van der Waals surface area contributed by atoms with Crippen LogP contribution in [-0.2, 0) is 0 Å². The third-order valence-corrected chi connectivity index (χ3v) is 5.16. The molecule has 3 rings (SSSR count). The Morgan fingerprint density at radius 1 is 1.19 bits per heavy atom. The molecule has 2 aromatic carbocycles. The lowest BCUT2D eigenvalue weighted by Crippen LogP contribution is -2.16. The van der Waals surface area contributed by atoms with Gasteiger partial charge < -0.3 is 10.1 Å². The van der Waals surface area contributed by atoms with Gasteiger partial charge in [-0.2, -0.15) is 0 Å². The van der Waals surface area contributed by atoms with Crippen molar-refractivity contribution in [2.45, 2.75) is 17.4 Å². The zero-order chi connectivity index (χ0) is 14.8. The van der Waals surface area contributed by atoms with Crippen LogP contribution in [0.25, 0.3) is 0 Å². The average molecular weight is 340 g/mol. The standard InChI is InChI=1S/C16H15Cl2NOS/c1-20-15-4-3-11(9-13(15)18)19-14-6-7-21-16-5-2-10(17)8-12(14)16/h2-5,8-9,14,19H,6-7H2,1H3. The van der Waals surface area contributed by atoms with E-state index in [0.717, 1.165) is 22.9 Å². The molecule has 0 saturated heterocycles. The molecule has 110 valence electrons. The van der Waals surface area contributed by atoms with Crippen LogP contribution in [0.2, 0.25) is 10.0 Å². The maximum Gasteiger partial charge on any atom is 0.137 e. The number of thioether (sulfide) groups is 1. The molecular weight excluding hydrogens is 325 g/mol. The summed E-state index contributed by atoms with van der Waals surface area (Å²) in [6.07, 6.45) is 1.06. The molecule has 5 heteroatoms. The molecule has 1 unspecified atom stereocenters. The SMILES string of the molecule is COc1ccc(NC2CCSc3ccc(Cl)cc32)cc1Cl. The zero-order valence-corrected chi connectivity index (χ0v) is 13.9. The fourth-order valence-corrected chi connectivity index (χ4v) is 4.02. The molecule has 0 radical (unpaired) electrons. The lowest BCUT2D eigenvalue weighted by Gasteiger charge is -2.27. The summed E-state index contributed by atoms with van der Waals surface area (Å²) in [7, 11) is 1.62. The number of rotatable bonds is 3. The van der Waals surface area contributed by atoms with Crippen molar-refractivity contribution in [2.24, 2.45) is 0 Å². The Labute approximate surface area is 138 Å². The summed E-state index contributed by atoms with van der Waals surface area (Å²) in [4.78, 5) is 1.29. The highest BCUT2D eigenvalue weighted by Gasteiger charge is 2.21. The molecule has 1 heterocycles. The summed E-state index contributed by atoms with van der Waals surface area (Å²) in [6.45, 7) is 0. The molecule has 0 aromatic heterocycles. The lowest BCUT2D eigenvalue weighted by atomic mass is 10.0. The second-order valence-corrected chi connectivity index (χ2v) is 6.85. The third kappa shape index (κ3) is 3.25. The maximum absolute atomic E-state index is 6.18. The molecule has 0 aliphatic carbocycles. The van der Waals surface area contributed by atoms with Gasteiger partial charge in [-0.1, -0.05) is 23.2 Å². The van der Waals surface area contributed by atoms with Crippen LogP contribution < -0.4 is 10.1 Å². The van der Waals surface area contributed by atoms with E-state index < -0.39 is 0 Å². The Bertz CT molecular complexity index is 663. The fraction of sp³-hybridized carbons (Fsp3) is 0.250. The van der Waals surface area contributed by atoms with Crippen molar-refractivity contribution in [3.05, 3.63) is 52.0 Å². The van der Waals surface area contributed by atoms with Gasteiger partial charge in [0.2, 0.25) is 0 Å². The molecule has 21 heavy (non-hydrogen) atoms.